The van der Waals surface area contributed by atoms with E-state index in [1.165, 1.54) is 11.1 Å². The molecule has 6 heteroatoms. The maximum Gasteiger partial charge on any atom is 0.259 e. The molecule has 0 spiro atoms. The molecule has 6 nitrogen and oxygen atoms in total. The Labute approximate surface area is 165 Å². The van der Waals surface area contributed by atoms with E-state index in [0.717, 1.165) is 50.5 Å². The molecule has 1 aromatic carbocycles. The Bertz CT molecular complexity index is 992. The van der Waals surface area contributed by atoms with Crippen molar-refractivity contribution in [3.05, 3.63) is 64.6 Å². The number of carbonyl (C=O) groups is 1. The van der Waals surface area contributed by atoms with Gasteiger partial charge in [-0.15, -0.1) is 0 Å². The van der Waals surface area contributed by atoms with E-state index in [9.17, 15) is 4.79 Å². The van der Waals surface area contributed by atoms with Crippen molar-refractivity contribution in [1.82, 2.24) is 24.4 Å². The molecule has 0 aliphatic carbocycles. The first-order valence-corrected chi connectivity index (χ1v) is 9.90. The Kier molecular flexibility index (Phi) is 5.13. The second-order valence-electron chi connectivity index (χ2n) is 7.74. The van der Waals surface area contributed by atoms with Gasteiger partial charge in [-0.05, 0) is 38.8 Å². The van der Waals surface area contributed by atoms with Crippen LogP contribution in [-0.4, -0.2) is 56.5 Å². The predicted molar refractivity (Wildman–Crippen MR) is 109 cm³/mol. The van der Waals surface area contributed by atoms with Gasteiger partial charge >= 0.3 is 0 Å². The van der Waals surface area contributed by atoms with Crippen LogP contribution >= 0.6 is 0 Å². The third-order valence-corrected chi connectivity index (χ3v) is 5.41. The Morgan fingerprint density at radius 1 is 1.04 bits per heavy atom. The van der Waals surface area contributed by atoms with E-state index in [2.05, 4.69) is 46.2 Å². The molecule has 1 aliphatic rings. The number of carbonyl (C=O) groups excluding carboxylic acids is 1. The summed E-state index contributed by atoms with van der Waals surface area (Å²) in [6.45, 7) is 10.4. The summed E-state index contributed by atoms with van der Waals surface area (Å²) in [5.74, 6) is 0.0321. The molecule has 0 N–H and O–H groups in total. The highest BCUT2D eigenvalue weighted by molar-refractivity contribution is 5.99. The van der Waals surface area contributed by atoms with E-state index >= 15 is 0 Å². The largest absolute Gasteiger partial charge is 0.337 e. The van der Waals surface area contributed by atoms with Gasteiger partial charge < -0.3 is 4.90 Å². The molecule has 3 aromatic rings. The van der Waals surface area contributed by atoms with E-state index < -0.39 is 0 Å². The molecule has 0 unspecified atom stereocenters. The molecule has 146 valence electrons. The Morgan fingerprint density at radius 3 is 2.61 bits per heavy atom. The van der Waals surface area contributed by atoms with Crippen LogP contribution in [-0.2, 0) is 6.54 Å². The number of fused-ring (bicyclic) bond motifs is 1. The van der Waals surface area contributed by atoms with Gasteiger partial charge in [0.25, 0.3) is 5.91 Å². The molecule has 1 amide bonds. The highest BCUT2D eigenvalue weighted by Gasteiger charge is 2.24. The van der Waals surface area contributed by atoms with E-state index in [4.69, 9.17) is 0 Å². The van der Waals surface area contributed by atoms with Crippen molar-refractivity contribution in [1.29, 1.82) is 0 Å². The van der Waals surface area contributed by atoms with Crippen LogP contribution in [0.15, 0.2) is 36.5 Å². The summed E-state index contributed by atoms with van der Waals surface area (Å²) >= 11 is 0. The molecule has 3 heterocycles. The van der Waals surface area contributed by atoms with E-state index in [1.54, 1.807) is 10.7 Å². The predicted octanol–water partition coefficient (Wildman–Crippen LogP) is 3.00. The molecule has 1 fully saturated rings. The first-order chi connectivity index (χ1) is 13.5. The Morgan fingerprint density at radius 2 is 1.82 bits per heavy atom. The number of hydrogen-bond acceptors (Lipinski definition) is 4. The zero-order valence-corrected chi connectivity index (χ0v) is 16.9. The quantitative estimate of drug-likeness (QED) is 0.704. The van der Waals surface area contributed by atoms with Crippen LogP contribution in [0.4, 0.5) is 0 Å². The summed E-state index contributed by atoms with van der Waals surface area (Å²) in [6.07, 6.45) is 2.63. The lowest BCUT2D eigenvalue weighted by Gasteiger charge is -2.22. The molecular weight excluding hydrogens is 350 g/mol. The highest BCUT2D eigenvalue weighted by Crippen LogP contribution is 2.16. The second-order valence-corrected chi connectivity index (χ2v) is 7.74. The number of amides is 1. The number of nitrogens with zero attached hydrogens (tertiary/aromatic N) is 5. The van der Waals surface area contributed by atoms with Gasteiger partial charge in [-0.1, -0.05) is 29.8 Å². The topological polar surface area (TPSA) is 53.7 Å². The van der Waals surface area contributed by atoms with E-state index in [1.807, 2.05) is 24.8 Å². The maximum absolute atomic E-state index is 13.2. The molecule has 0 atom stereocenters. The third-order valence-electron chi connectivity index (χ3n) is 5.41. The average molecular weight is 377 g/mol. The third kappa shape index (κ3) is 3.78. The van der Waals surface area contributed by atoms with Gasteiger partial charge in [0, 0.05) is 44.1 Å². The van der Waals surface area contributed by atoms with Crippen LogP contribution in [0.2, 0.25) is 0 Å². The van der Waals surface area contributed by atoms with E-state index in [0.29, 0.717) is 11.2 Å². The fraction of sp³-hybridized carbons (Fsp3) is 0.409. The van der Waals surface area contributed by atoms with Gasteiger partial charge in [-0.2, -0.15) is 5.10 Å². The van der Waals surface area contributed by atoms with E-state index in [-0.39, 0.29) is 5.91 Å². The zero-order chi connectivity index (χ0) is 19.7. The second kappa shape index (κ2) is 7.72. The highest BCUT2D eigenvalue weighted by atomic mass is 16.2. The first-order valence-electron chi connectivity index (χ1n) is 9.90. The molecule has 1 saturated heterocycles. The molecule has 4 rings (SSSR count). The van der Waals surface area contributed by atoms with Gasteiger partial charge in [0.1, 0.15) is 5.56 Å². The fourth-order valence-corrected chi connectivity index (χ4v) is 3.88. The monoisotopic (exact) mass is 377 g/mol. The summed E-state index contributed by atoms with van der Waals surface area (Å²) in [5.41, 5.74) is 5.75. The molecule has 28 heavy (non-hydrogen) atoms. The normalized spacial score (nSPS) is 15.8. The molecule has 0 bridgehead atoms. The summed E-state index contributed by atoms with van der Waals surface area (Å²) in [5, 5.41) is 4.37. The van der Waals surface area contributed by atoms with Crippen LogP contribution in [0.3, 0.4) is 0 Å². The van der Waals surface area contributed by atoms with Crippen molar-refractivity contribution >= 4 is 11.6 Å². The lowest BCUT2D eigenvalue weighted by Crippen LogP contribution is -2.35. The number of aromatic nitrogens is 3. The van der Waals surface area contributed by atoms with Crippen LogP contribution in [0.1, 0.15) is 39.3 Å². The molecule has 0 saturated carbocycles. The van der Waals surface area contributed by atoms with Crippen LogP contribution in [0.5, 0.6) is 0 Å². The summed E-state index contributed by atoms with van der Waals surface area (Å²) in [7, 11) is 0. The van der Waals surface area contributed by atoms with Gasteiger partial charge in [-0.3, -0.25) is 9.69 Å². The van der Waals surface area contributed by atoms with Gasteiger partial charge in [0.05, 0.1) is 6.20 Å². The number of aryl methyl sites for hydroxylation is 3. The van der Waals surface area contributed by atoms with Gasteiger partial charge in [-0.25, -0.2) is 9.50 Å². The Balaban J connectivity index is 1.47. The SMILES string of the molecule is Cc1ccc(CN2CCCN(C(=O)c3cnn4c(C)cc(C)nc34)CC2)cc1. The average Bonchev–Trinajstić information content (AvgIpc) is 2.95. The smallest absolute Gasteiger partial charge is 0.259 e. The van der Waals surface area contributed by atoms with Crippen LogP contribution < -0.4 is 0 Å². The minimum Gasteiger partial charge on any atom is -0.337 e. The Hall–Kier alpha value is -2.73. The van der Waals surface area contributed by atoms with Crippen molar-refractivity contribution in [2.24, 2.45) is 0 Å². The van der Waals surface area contributed by atoms with Crippen molar-refractivity contribution < 1.29 is 4.79 Å². The lowest BCUT2D eigenvalue weighted by molar-refractivity contribution is 0.0763. The first kappa shape index (κ1) is 18.6. The molecular formula is C22H27N5O. The standard InChI is InChI=1S/C22H27N5O/c1-16-5-7-19(8-6-16)15-25-9-4-10-26(12-11-25)22(28)20-14-23-27-18(3)13-17(2)24-21(20)27/h5-8,13-14H,4,9-12,15H2,1-3H3. The maximum atomic E-state index is 13.2. The number of rotatable bonds is 3. The van der Waals surface area contributed by atoms with Crippen molar-refractivity contribution in [3.8, 4) is 0 Å². The van der Waals surface area contributed by atoms with Gasteiger partial charge in [0.2, 0.25) is 0 Å². The van der Waals surface area contributed by atoms with Crippen LogP contribution in [0.25, 0.3) is 5.65 Å². The molecule has 1 aliphatic heterocycles. The van der Waals surface area contributed by atoms with Crippen LogP contribution in [0, 0.1) is 20.8 Å². The number of benzene rings is 1. The zero-order valence-electron chi connectivity index (χ0n) is 16.9. The summed E-state index contributed by atoms with van der Waals surface area (Å²) in [6, 6.07) is 10.7. The molecule has 2 aromatic heterocycles. The van der Waals surface area contributed by atoms with Crippen molar-refractivity contribution in [2.75, 3.05) is 26.2 Å². The number of hydrogen-bond donors (Lipinski definition) is 0. The van der Waals surface area contributed by atoms with Crippen molar-refractivity contribution in [3.63, 3.8) is 0 Å². The lowest BCUT2D eigenvalue weighted by atomic mass is 10.1. The minimum absolute atomic E-state index is 0.0321. The minimum atomic E-state index is 0.0321. The van der Waals surface area contributed by atoms with Gasteiger partial charge in [0.15, 0.2) is 5.65 Å². The summed E-state index contributed by atoms with van der Waals surface area (Å²) < 4.78 is 1.75. The summed E-state index contributed by atoms with van der Waals surface area (Å²) in [4.78, 5) is 22.1. The fourth-order valence-electron chi connectivity index (χ4n) is 3.88. The van der Waals surface area contributed by atoms with Crippen molar-refractivity contribution in [2.45, 2.75) is 33.7 Å². The molecule has 0 radical (unpaired) electrons.